The second-order valence-corrected chi connectivity index (χ2v) is 3.49. The molecule has 0 aliphatic carbocycles. The Labute approximate surface area is 93.1 Å². The van der Waals surface area contributed by atoms with Crippen LogP contribution in [0.25, 0.3) is 0 Å². The number of amides is 1. The molecule has 4 nitrogen and oxygen atoms in total. The molecule has 0 aliphatic heterocycles. The molecule has 0 saturated carbocycles. The molecule has 3 N–H and O–H groups in total. The zero-order chi connectivity index (χ0) is 11.5. The van der Waals surface area contributed by atoms with Gasteiger partial charge in [-0.15, -0.1) is 0 Å². The minimum Gasteiger partial charge on any atom is -0.456 e. The van der Waals surface area contributed by atoms with E-state index in [-0.39, 0.29) is 5.91 Å². The molecule has 4 heteroatoms. The quantitative estimate of drug-likeness (QED) is 0.757. The maximum atomic E-state index is 11.7. The molecule has 1 aromatic heterocycles. The van der Waals surface area contributed by atoms with Crippen LogP contribution in [0.3, 0.4) is 0 Å². The summed E-state index contributed by atoms with van der Waals surface area (Å²) in [6, 6.07) is 10.3. The largest absolute Gasteiger partial charge is 0.456 e. The molecule has 0 radical (unpaired) electrons. The van der Waals surface area contributed by atoms with Crippen molar-refractivity contribution in [2.45, 2.75) is 6.92 Å². The van der Waals surface area contributed by atoms with Gasteiger partial charge in [0.05, 0.1) is 0 Å². The molecule has 1 heterocycles. The van der Waals surface area contributed by atoms with Gasteiger partial charge in [0.2, 0.25) is 0 Å². The van der Waals surface area contributed by atoms with E-state index in [0.717, 1.165) is 0 Å². The molecule has 2 aromatic rings. The van der Waals surface area contributed by atoms with E-state index in [0.29, 0.717) is 22.9 Å². The van der Waals surface area contributed by atoms with Gasteiger partial charge in [-0.05, 0) is 43.3 Å². The van der Waals surface area contributed by atoms with Crippen LogP contribution in [0.15, 0.2) is 40.8 Å². The Hall–Kier alpha value is -2.23. The number of carbonyl (C=O) groups is 1. The van der Waals surface area contributed by atoms with E-state index in [2.05, 4.69) is 5.32 Å². The highest BCUT2D eigenvalue weighted by Crippen LogP contribution is 2.13. The van der Waals surface area contributed by atoms with E-state index in [9.17, 15) is 4.79 Å². The van der Waals surface area contributed by atoms with Gasteiger partial charge in [0.15, 0.2) is 5.76 Å². The molecule has 0 unspecified atom stereocenters. The zero-order valence-electron chi connectivity index (χ0n) is 8.86. The number of anilines is 2. The Morgan fingerprint density at radius 1 is 1.19 bits per heavy atom. The lowest BCUT2D eigenvalue weighted by Gasteiger charge is -2.02. The van der Waals surface area contributed by atoms with Crippen molar-refractivity contribution in [2.75, 3.05) is 11.1 Å². The van der Waals surface area contributed by atoms with Crippen LogP contribution in [-0.2, 0) is 0 Å². The fraction of sp³-hybridized carbons (Fsp3) is 0.0833. The molecule has 0 saturated heterocycles. The van der Waals surface area contributed by atoms with Crippen LogP contribution in [0.4, 0.5) is 11.4 Å². The molecule has 82 valence electrons. The molecule has 0 atom stereocenters. The first kappa shape index (κ1) is 10.3. The van der Waals surface area contributed by atoms with Gasteiger partial charge in [-0.2, -0.15) is 0 Å². The van der Waals surface area contributed by atoms with Crippen molar-refractivity contribution in [3.8, 4) is 0 Å². The van der Waals surface area contributed by atoms with Crippen molar-refractivity contribution in [3.05, 3.63) is 47.9 Å². The minimum atomic E-state index is -0.266. The van der Waals surface area contributed by atoms with Gasteiger partial charge in [0.1, 0.15) is 5.76 Å². The van der Waals surface area contributed by atoms with Crippen LogP contribution in [0, 0.1) is 6.92 Å². The van der Waals surface area contributed by atoms with Crippen molar-refractivity contribution in [3.63, 3.8) is 0 Å². The summed E-state index contributed by atoms with van der Waals surface area (Å²) in [7, 11) is 0. The molecular weight excluding hydrogens is 204 g/mol. The summed E-state index contributed by atoms with van der Waals surface area (Å²) in [5, 5.41) is 2.71. The van der Waals surface area contributed by atoms with E-state index in [1.165, 1.54) is 0 Å². The second kappa shape index (κ2) is 4.10. The SMILES string of the molecule is Cc1ccc(C(=O)Nc2ccc(N)cc2)o1. The Balaban J connectivity index is 2.10. The van der Waals surface area contributed by atoms with E-state index in [1.54, 1.807) is 43.3 Å². The van der Waals surface area contributed by atoms with E-state index < -0.39 is 0 Å². The number of nitrogen functional groups attached to an aromatic ring is 1. The van der Waals surface area contributed by atoms with E-state index >= 15 is 0 Å². The molecule has 0 bridgehead atoms. The standard InChI is InChI=1S/C12H12N2O2/c1-8-2-7-11(16-8)12(15)14-10-5-3-9(13)4-6-10/h2-7H,13H2,1H3,(H,14,15). The summed E-state index contributed by atoms with van der Waals surface area (Å²) in [4.78, 5) is 11.7. The lowest BCUT2D eigenvalue weighted by molar-refractivity contribution is 0.0995. The summed E-state index contributed by atoms with van der Waals surface area (Å²) in [6.45, 7) is 1.79. The first-order valence-corrected chi connectivity index (χ1v) is 4.88. The third kappa shape index (κ3) is 2.23. The Kier molecular flexibility index (Phi) is 2.64. The van der Waals surface area contributed by atoms with Crippen LogP contribution in [0.5, 0.6) is 0 Å². The van der Waals surface area contributed by atoms with E-state index in [1.807, 2.05) is 0 Å². The van der Waals surface area contributed by atoms with Gasteiger partial charge < -0.3 is 15.5 Å². The highest BCUT2D eigenvalue weighted by atomic mass is 16.3. The zero-order valence-corrected chi connectivity index (χ0v) is 8.86. The molecule has 1 aromatic carbocycles. The highest BCUT2D eigenvalue weighted by molar-refractivity contribution is 6.02. The number of furan rings is 1. The molecule has 0 fully saturated rings. The number of benzene rings is 1. The van der Waals surface area contributed by atoms with Gasteiger partial charge >= 0.3 is 0 Å². The number of aryl methyl sites for hydroxylation is 1. The predicted octanol–water partition coefficient (Wildman–Crippen LogP) is 2.42. The van der Waals surface area contributed by atoms with Gasteiger partial charge in [0, 0.05) is 11.4 Å². The van der Waals surface area contributed by atoms with Crippen LogP contribution in [0.2, 0.25) is 0 Å². The second-order valence-electron chi connectivity index (χ2n) is 3.49. The number of nitrogens with one attached hydrogen (secondary N) is 1. The molecule has 1 amide bonds. The third-order valence-corrected chi connectivity index (χ3v) is 2.13. The normalized spacial score (nSPS) is 10.1. The number of rotatable bonds is 2. The summed E-state index contributed by atoms with van der Waals surface area (Å²) < 4.78 is 5.20. The molecule has 0 aliphatic rings. The topological polar surface area (TPSA) is 68.3 Å². The summed E-state index contributed by atoms with van der Waals surface area (Å²) >= 11 is 0. The van der Waals surface area contributed by atoms with Gasteiger partial charge in [-0.1, -0.05) is 0 Å². The van der Waals surface area contributed by atoms with Crippen molar-refractivity contribution in [2.24, 2.45) is 0 Å². The predicted molar refractivity (Wildman–Crippen MR) is 62.3 cm³/mol. The first-order valence-electron chi connectivity index (χ1n) is 4.88. The van der Waals surface area contributed by atoms with E-state index in [4.69, 9.17) is 10.2 Å². The molecule has 2 rings (SSSR count). The monoisotopic (exact) mass is 216 g/mol. The first-order chi connectivity index (χ1) is 7.65. The van der Waals surface area contributed by atoms with Gasteiger partial charge in [-0.25, -0.2) is 0 Å². The summed E-state index contributed by atoms with van der Waals surface area (Å²) in [5.74, 6) is 0.745. The minimum absolute atomic E-state index is 0.266. The summed E-state index contributed by atoms with van der Waals surface area (Å²) in [5.41, 5.74) is 6.89. The maximum absolute atomic E-state index is 11.7. The summed E-state index contributed by atoms with van der Waals surface area (Å²) in [6.07, 6.45) is 0. The molecule has 16 heavy (non-hydrogen) atoms. The van der Waals surface area contributed by atoms with Crippen LogP contribution >= 0.6 is 0 Å². The van der Waals surface area contributed by atoms with Crippen molar-refractivity contribution < 1.29 is 9.21 Å². The number of hydrogen-bond acceptors (Lipinski definition) is 3. The number of carbonyl (C=O) groups excluding carboxylic acids is 1. The molecule has 0 spiro atoms. The maximum Gasteiger partial charge on any atom is 0.291 e. The fourth-order valence-corrected chi connectivity index (χ4v) is 1.32. The fourth-order valence-electron chi connectivity index (χ4n) is 1.32. The molecular formula is C12H12N2O2. The Morgan fingerprint density at radius 3 is 2.44 bits per heavy atom. The third-order valence-electron chi connectivity index (χ3n) is 2.13. The van der Waals surface area contributed by atoms with Gasteiger partial charge in [0.25, 0.3) is 5.91 Å². The van der Waals surface area contributed by atoms with Crippen LogP contribution in [0.1, 0.15) is 16.3 Å². The lowest BCUT2D eigenvalue weighted by Crippen LogP contribution is -2.10. The van der Waals surface area contributed by atoms with Crippen molar-refractivity contribution in [1.29, 1.82) is 0 Å². The Morgan fingerprint density at radius 2 is 1.88 bits per heavy atom. The van der Waals surface area contributed by atoms with Crippen LogP contribution < -0.4 is 11.1 Å². The van der Waals surface area contributed by atoms with Gasteiger partial charge in [-0.3, -0.25) is 4.79 Å². The lowest BCUT2D eigenvalue weighted by atomic mass is 10.3. The van der Waals surface area contributed by atoms with Crippen LogP contribution in [-0.4, -0.2) is 5.91 Å². The number of hydrogen-bond donors (Lipinski definition) is 2. The number of nitrogens with two attached hydrogens (primary N) is 1. The average Bonchev–Trinajstić information content (AvgIpc) is 2.68. The Bertz CT molecular complexity index is 500. The highest BCUT2D eigenvalue weighted by Gasteiger charge is 2.09. The van der Waals surface area contributed by atoms with Crippen molar-refractivity contribution >= 4 is 17.3 Å². The average molecular weight is 216 g/mol. The smallest absolute Gasteiger partial charge is 0.291 e. The van der Waals surface area contributed by atoms with Crippen molar-refractivity contribution in [1.82, 2.24) is 0 Å².